The van der Waals surface area contributed by atoms with Gasteiger partial charge >= 0.3 is 0 Å². The minimum absolute atomic E-state index is 0.0631. The molecule has 0 heterocycles. The van der Waals surface area contributed by atoms with Gasteiger partial charge in [0.05, 0.1) is 12.1 Å². The molecule has 0 radical (unpaired) electrons. The predicted octanol–water partition coefficient (Wildman–Crippen LogP) is 2.11. The Morgan fingerprint density at radius 2 is 1.64 bits per heavy atom. The Labute approximate surface area is 87.2 Å². The lowest BCUT2D eigenvalue weighted by Gasteiger charge is -2.31. The fourth-order valence-corrected chi connectivity index (χ4v) is 0.878. The number of amides is 1. The number of carbonyl (C=O) groups is 1. The van der Waals surface area contributed by atoms with Crippen molar-refractivity contribution in [3.05, 3.63) is 0 Å². The second-order valence-electron chi connectivity index (χ2n) is 5.41. The Kier molecular flexibility index (Phi) is 4.30. The van der Waals surface area contributed by atoms with E-state index < -0.39 is 0 Å². The number of aliphatic imine (C=N–C) groups is 1. The van der Waals surface area contributed by atoms with E-state index in [1.807, 2.05) is 41.5 Å². The van der Waals surface area contributed by atoms with E-state index in [1.54, 1.807) is 11.1 Å². The molecule has 0 aliphatic heterocycles. The largest absolute Gasteiger partial charge is 0.335 e. The molecule has 0 unspecified atom stereocenters. The second-order valence-corrected chi connectivity index (χ2v) is 5.41. The van der Waals surface area contributed by atoms with Gasteiger partial charge in [-0.05, 0) is 41.5 Å². The van der Waals surface area contributed by atoms with Crippen LogP contribution in [0.3, 0.4) is 0 Å². The van der Waals surface area contributed by atoms with Gasteiger partial charge in [0.2, 0.25) is 6.41 Å². The monoisotopic (exact) mass is 198 g/mol. The summed E-state index contributed by atoms with van der Waals surface area (Å²) in [6.07, 6.45) is 2.67. The Bertz CT molecular complexity index is 208. The third-order valence-corrected chi connectivity index (χ3v) is 1.75. The van der Waals surface area contributed by atoms with Gasteiger partial charge < -0.3 is 4.90 Å². The van der Waals surface area contributed by atoms with E-state index in [0.29, 0.717) is 6.54 Å². The lowest BCUT2D eigenvalue weighted by atomic mass is 10.1. The molecule has 82 valence electrons. The van der Waals surface area contributed by atoms with Crippen LogP contribution in [-0.4, -0.2) is 35.1 Å². The molecule has 0 saturated carbocycles. The highest BCUT2D eigenvalue weighted by molar-refractivity contribution is 5.65. The van der Waals surface area contributed by atoms with Crippen LogP contribution in [0.5, 0.6) is 0 Å². The molecule has 0 bridgehead atoms. The van der Waals surface area contributed by atoms with E-state index in [-0.39, 0.29) is 11.1 Å². The van der Waals surface area contributed by atoms with Crippen LogP contribution in [0.15, 0.2) is 4.99 Å². The Hall–Kier alpha value is -0.860. The zero-order chi connectivity index (χ0) is 11.4. The van der Waals surface area contributed by atoms with E-state index in [1.165, 1.54) is 0 Å². The summed E-state index contributed by atoms with van der Waals surface area (Å²) in [6.45, 7) is 12.7. The van der Waals surface area contributed by atoms with Crippen molar-refractivity contribution in [2.75, 3.05) is 6.54 Å². The molecule has 0 spiro atoms. The van der Waals surface area contributed by atoms with Crippen molar-refractivity contribution in [1.29, 1.82) is 0 Å². The van der Waals surface area contributed by atoms with Crippen molar-refractivity contribution in [1.82, 2.24) is 4.90 Å². The molecule has 0 N–H and O–H groups in total. The Morgan fingerprint density at radius 1 is 1.14 bits per heavy atom. The van der Waals surface area contributed by atoms with Gasteiger partial charge in [-0.15, -0.1) is 0 Å². The van der Waals surface area contributed by atoms with Gasteiger partial charge in [-0.2, -0.15) is 0 Å². The van der Waals surface area contributed by atoms with Gasteiger partial charge in [0.1, 0.15) is 0 Å². The predicted molar refractivity (Wildman–Crippen MR) is 60.8 cm³/mol. The van der Waals surface area contributed by atoms with Gasteiger partial charge in [-0.25, -0.2) is 0 Å². The normalized spacial score (nSPS) is 13.3. The number of hydrogen-bond donors (Lipinski definition) is 0. The molecule has 3 nitrogen and oxygen atoms in total. The molecule has 1 amide bonds. The third kappa shape index (κ3) is 5.73. The van der Waals surface area contributed by atoms with E-state index in [2.05, 4.69) is 4.99 Å². The van der Waals surface area contributed by atoms with Crippen LogP contribution < -0.4 is 0 Å². The standard InChI is InChI=1S/C11H22N2O/c1-10(2,3)12-7-8-13(9-14)11(4,5)6/h7,9H,8H2,1-6H3. The van der Waals surface area contributed by atoms with Crippen molar-refractivity contribution < 1.29 is 4.79 Å². The highest BCUT2D eigenvalue weighted by atomic mass is 16.1. The van der Waals surface area contributed by atoms with Crippen LogP contribution in [0.4, 0.5) is 0 Å². The maximum Gasteiger partial charge on any atom is 0.210 e. The van der Waals surface area contributed by atoms with Crippen molar-refractivity contribution in [2.45, 2.75) is 52.6 Å². The zero-order valence-corrected chi connectivity index (χ0v) is 10.2. The minimum atomic E-state index is -0.133. The van der Waals surface area contributed by atoms with Gasteiger partial charge in [-0.3, -0.25) is 9.79 Å². The topological polar surface area (TPSA) is 32.7 Å². The molecule has 0 fully saturated rings. The summed E-state index contributed by atoms with van der Waals surface area (Å²) in [5.74, 6) is 0. The smallest absolute Gasteiger partial charge is 0.210 e. The summed E-state index contributed by atoms with van der Waals surface area (Å²) in [7, 11) is 0. The highest BCUT2D eigenvalue weighted by Crippen LogP contribution is 2.10. The first kappa shape index (κ1) is 13.1. The van der Waals surface area contributed by atoms with Crippen LogP contribution in [0.2, 0.25) is 0 Å². The number of rotatable bonds is 3. The van der Waals surface area contributed by atoms with E-state index in [0.717, 1.165) is 6.41 Å². The maximum absolute atomic E-state index is 10.8. The summed E-state index contributed by atoms with van der Waals surface area (Å²) >= 11 is 0. The number of hydrogen-bond acceptors (Lipinski definition) is 2. The number of carbonyl (C=O) groups excluding carboxylic acids is 1. The van der Waals surface area contributed by atoms with Crippen LogP contribution in [-0.2, 0) is 4.79 Å². The molecule has 0 aliphatic rings. The van der Waals surface area contributed by atoms with Crippen molar-refractivity contribution in [2.24, 2.45) is 4.99 Å². The molecule has 14 heavy (non-hydrogen) atoms. The molecule has 0 aromatic rings. The van der Waals surface area contributed by atoms with E-state index >= 15 is 0 Å². The van der Waals surface area contributed by atoms with Crippen molar-refractivity contribution in [3.8, 4) is 0 Å². The first-order chi connectivity index (χ1) is 6.17. The summed E-state index contributed by atoms with van der Waals surface area (Å²) in [5, 5.41) is 0. The first-order valence-electron chi connectivity index (χ1n) is 4.92. The molecular weight excluding hydrogens is 176 g/mol. The molecule has 0 rings (SSSR count). The third-order valence-electron chi connectivity index (χ3n) is 1.75. The summed E-state index contributed by atoms with van der Waals surface area (Å²) in [5.41, 5.74) is -0.196. The zero-order valence-electron chi connectivity index (χ0n) is 10.2. The molecule has 0 saturated heterocycles. The average Bonchev–Trinajstić information content (AvgIpc) is 1.93. The molecule has 0 aromatic carbocycles. The molecule has 3 heteroatoms. The first-order valence-corrected chi connectivity index (χ1v) is 4.92. The minimum Gasteiger partial charge on any atom is -0.335 e. The van der Waals surface area contributed by atoms with Crippen LogP contribution in [0, 0.1) is 0 Å². The fraction of sp³-hybridized carbons (Fsp3) is 0.818. The second kappa shape index (κ2) is 4.58. The van der Waals surface area contributed by atoms with Crippen LogP contribution in [0.1, 0.15) is 41.5 Å². The fourth-order valence-electron chi connectivity index (χ4n) is 0.878. The Morgan fingerprint density at radius 3 is 1.93 bits per heavy atom. The van der Waals surface area contributed by atoms with Gasteiger partial charge in [0.15, 0.2) is 0 Å². The molecular formula is C11H22N2O. The molecule has 0 aliphatic carbocycles. The molecule has 0 aromatic heterocycles. The van der Waals surface area contributed by atoms with Gasteiger partial charge in [0.25, 0.3) is 0 Å². The van der Waals surface area contributed by atoms with E-state index in [9.17, 15) is 4.79 Å². The number of nitrogens with zero attached hydrogens (tertiary/aromatic N) is 2. The van der Waals surface area contributed by atoms with Gasteiger partial charge in [0, 0.05) is 11.8 Å². The maximum atomic E-state index is 10.8. The summed E-state index contributed by atoms with van der Waals surface area (Å²) in [6, 6.07) is 0. The Balaban J connectivity index is 4.24. The van der Waals surface area contributed by atoms with Crippen molar-refractivity contribution in [3.63, 3.8) is 0 Å². The molecule has 0 atom stereocenters. The van der Waals surface area contributed by atoms with E-state index in [4.69, 9.17) is 0 Å². The van der Waals surface area contributed by atoms with Crippen LogP contribution in [0.25, 0.3) is 0 Å². The van der Waals surface area contributed by atoms with Gasteiger partial charge in [-0.1, -0.05) is 0 Å². The quantitative estimate of drug-likeness (QED) is 0.505. The lowest BCUT2D eigenvalue weighted by molar-refractivity contribution is -0.121. The SMILES string of the molecule is CC(C)(C)N=CCN(C=O)C(C)(C)C. The highest BCUT2D eigenvalue weighted by Gasteiger charge is 2.18. The van der Waals surface area contributed by atoms with Crippen molar-refractivity contribution >= 4 is 12.6 Å². The average molecular weight is 198 g/mol. The summed E-state index contributed by atoms with van der Waals surface area (Å²) in [4.78, 5) is 16.8. The summed E-state index contributed by atoms with van der Waals surface area (Å²) < 4.78 is 0. The lowest BCUT2D eigenvalue weighted by Crippen LogP contribution is -2.41. The van der Waals surface area contributed by atoms with Crippen LogP contribution >= 0.6 is 0 Å².